The van der Waals surface area contributed by atoms with Crippen LogP contribution in [0.3, 0.4) is 0 Å². The van der Waals surface area contributed by atoms with Crippen molar-refractivity contribution >= 4 is 17.5 Å². The predicted molar refractivity (Wildman–Crippen MR) is 96.7 cm³/mol. The van der Waals surface area contributed by atoms with Crippen molar-refractivity contribution in [3.05, 3.63) is 64.2 Å². The largest absolute Gasteiger partial charge is 0.492 e. The highest BCUT2D eigenvalue weighted by atomic mass is 35.5. The van der Waals surface area contributed by atoms with Crippen molar-refractivity contribution in [3.8, 4) is 5.75 Å². The van der Waals surface area contributed by atoms with Gasteiger partial charge in [-0.2, -0.15) is 0 Å². The van der Waals surface area contributed by atoms with Crippen molar-refractivity contribution < 1.29 is 9.53 Å². The molecule has 0 bridgehead atoms. The summed E-state index contributed by atoms with van der Waals surface area (Å²) in [4.78, 5) is 11.9. The van der Waals surface area contributed by atoms with Gasteiger partial charge in [0.25, 0.3) is 0 Å². The Kier molecular flexibility index (Phi) is 5.76. The molecule has 126 valence electrons. The summed E-state index contributed by atoms with van der Waals surface area (Å²) in [6.07, 6.45) is 5.22. The van der Waals surface area contributed by atoms with Gasteiger partial charge in [-0.15, -0.1) is 0 Å². The second kappa shape index (κ2) is 8.20. The number of fused-ring (bicyclic) bond motifs is 1. The van der Waals surface area contributed by atoms with E-state index in [9.17, 15) is 4.79 Å². The van der Waals surface area contributed by atoms with Crippen LogP contribution >= 0.6 is 11.6 Å². The molecule has 1 N–H and O–H groups in total. The molecule has 3 nitrogen and oxygen atoms in total. The lowest BCUT2D eigenvalue weighted by Crippen LogP contribution is -2.29. The Morgan fingerprint density at radius 3 is 2.58 bits per heavy atom. The third kappa shape index (κ3) is 4.75. The summed E-state index contributed by atoms with van der Waals surface area (Å²) in [5.74, 6) is 0.883. The Labute approximate surface area is 148 Å². The average molecular weight is 344 g/mol. The van der Waals surface area contributed by atoms with Crippen molar-refractivity contribution in [1.82, 2.24) is 5.32 Å². The minimum absolute atomic E-state index is 0.00800. The highest BCUT2D eigenvalue weighted by Gasteiger charge is 2.10. The van der Waals surface area contributed by atoms with Crippen molar-refractivity contribution in [3.63, 3.8) is 0 Å². The van der Waals surface area contributed by atoms with Gasteiger partial charge in [0, 0.05) is 5.02 Å². The number of halogens is 1. The van der Waals surface area contributed by atoms with Crippen LogP contribution in [0, 0.1) is 0 Å². The van der Waals surface area contributed by atoms with E-state index in [0.29, 0.717) is 24.6 Å². The molecule has 0 aliphatic heterocycles. The van der Waals surface area contributed by atoms with Crippen LogP contribution < -0.4 is 10.1 Å². The fourth-order valence-electron chi connectivity index (χ4n) is 3.01. The molecule has 0 saturated carbocycles. The zero-order valence-corrected chi connectivity index (χ0v) is 14.4. The molecule has 24 heavy (non-hydrogen) atoms. The van der Waals surface area contributed by atoms with Gasteiger partial charge < -0.3 is 10.1 Å². The summed E-state index contributed by atoms with van der Waals surface area (Å²) in [6, 6.07) is 13.7. The Hall–Kier alpha value is -2.00. The first-order valence-corrected chi connectivity index (χ1v) is 8.84. The number of amides is 1. The molecule has 0 heterocycles. The van der Waals surface area contributed by atoms with Gasteiger partial charge in [0.2, 0.25) is 5.91 Å². The van der Waals surface area contributed by atoms with Crippen LogP contribution in [0.25, 0.3) is 0 Å². The third-order valence-corrected chi connectivity index (χ3v) is 4.54. The van der Waals surface area contributed by atoms with Crippen LogP contribution in [0.4, 0.5) is 0 Å². The van der Waals surface area contributed by atoms with Crippen LogP contribution in [-0.4, -0.2) is 19.1 Å². The molecule has 0 atom stereocenters. The third-order valence-electron chi connectivity index (χ3n) is 4.29. The minimum atomic E-state index is -0.00800. The smallest absolute Gasteiger partial charge is 0.224 e. The number of nitrogens with one attached hydrogen (secondary N) is 1. The molecule has 4 heteroatoms. The minimum Gasteiger partial charge on any atom is -0.492 e. The second-order valence-corrected chi connectivity index (χ2v) is 6.58. The van der Waals surface area contributed by atoms with Crippen molar-refractivity contribution in [2.75, 3.05) is 13.2 Å². The molecule has 0 aromatic heterocycles. The Morgan fingerprint density at radius 2 is 1.79 bits per heavy atom. The molecule has 1 aliphatic carbocycles. The second-order valence-electron chi connectivity index (χ2n) is 6.14. The first kappa shape index (κ1) is 16.8. The quantitative estimate of drug-likeness (QED) is 0.806. The number of benzene rings is 2. The maximum atomic E-state index is 11.9. The lowest BCUT2D eigenvalue weighted by atomic mass is 9.92. The van der Waals surface area contributed by atoms with Gasteiger partial charge >= 0.3 is 0 Å². The van der Waals surface area contributed by atoms with E-state index in [1.54, 1.807) is 12.1 Å². The highest BCUT2D eigenvalue weighted by Crippen LogP contribution is 2.25. The van der Waals surface area contributed by atoms with Crippen LogP contribution in [-0.2, 0) is 24.1 Å². The molecule has 1 amide bonds. The van der Waals surface area contributed by atoms with Gasteiger partial charge in [0.05, 0.1) is 13.0 Å². The highest BCUT2D eigenvalue weighted by molar-refractivity contribution is 6.30. The maximum absolute atomic E-state index is 11.9. The number of carbonyl (C=O) groups is 1. The summed E-state index contributed by atoms with van der Waals surface area (Å²) in [5.41, 5.74) is 3.81. The fraction of sp³-hybridized carbons (Fsp3) is 0.350. The molecule has 0 unspecified atom stereocenters. The molecule has 0 fully saturated rings. The van der Waals surface area contributed by atoms with Crippen molar-refractivity contribution in [2.45, 2.75) is 32.1 Å². The van der Waals surface area contributed by atoms with E-state index in [1.165, 1.54) is 30.4 Å². The lowest BCUT2D eigenvalue weighted by Gasteiger charge is -2.17. The van der Waals surface area contributed by atoms with Crippen LogP contribution in [0.5, 0.6) is 5.75 Å². The maximum Gasteiger partial charge on any atom is 0.224 e. The van der Waals surface area contributed by atoms with Gasteiger partial charge in [-0.3, -0.25) is 4.79 Å². The molecule has 2 aromatic carbocycles. The molecule has 1 aliphatic rings. The van der Waals surface area contributed by atoms with E-state index in [2.05, 4.69) is 17.4 Å². The van der Waals surface area contributed by atoms with E-state index in [4.69, 9.17) is 16.3 Å². The van der Waals surface area contributed by atoms with Crippen LogP contribution in [0.2, 0.25) is 5.02 Å². The Balaban J connectivity index is 1.40. The molecule has 0 radical (unpaired) electrons. The number of ether oxygens (including phenoxy) is 1. The number of rotatable bonds is 6. The normalized spacial score (nSPS) is 13.2. The standard InChI is InChI=1S/C20H22ClNO2/c21-18-8-5-15(6-9-18)13-20(23)22-11-12-24-19-10-7-16-3-1-2-4-17(16)14-19/h5-10,14H,1-4,11-13H2,(H,22,23). The zero-order chi connectivity index (χ0) is 16.8. The Bertz CT molecular complexity index is 697. The molecule has 0 spiro atoms. The summed E-state index contributed by atoms with van der Waals surface area (Å²) in [6.45, 7) is 0.981. The Morgan fingerprint density at radius 1 is 1.04 bits per heavy atom. The van der Waals surface area contributed by atoms with E-state index < -0.39 is 0 Å². The number of carbonyl (C=O) groups excluding carboxylic acids is 1. The summed E-state index contributed by atoms with van der Waals surface area (Å²) in [5, 5.41) is 3.56. The van der Waals surface area contributed by atoms with Crippen LogP contribution in [0.15, 0.2) is 42.5 Å². The SMILES string of the molecule is O=C(Cc1ccc(Cl)cc1)NCCOc1ccc2c(c1)CCCC2. The topological polar surface area (TPSA) is 38.3 Å². The molecule has 2 aromatic rings. The average Bonchev–Trinajstić information content (AvgIpc) is 2.60. The van der Waals surface area contributed by atoms with E-state index in [0.717, 1.165) is 17.7 Å². The molecular formula is C20H22ClNO2. The number of hydrogen-bond donors (Lipinski definition) is 1. The summed E-state index contributed by atoms with van der Waals surface area (Å²) < 4.78 is 5.76. The van der Waals surface area contributed by atoms with Crippen molar-refractivity contribution in [2.24, 2.45) is 0 Å². The van der Waals surface area contributed by atoms with E-state index in [1.807, 2.05) is 18.2 Å². The molecular weight excluding hydrogens is 322 g/mol. The lowest BCUT2D eigenvalue weighted by molar-refractivity contribution is -0.120. The number of aryl methyl sites for hydroxylation is 2. The summed E-state index contributed by atoms with van der Waals surface area (Å²) in [7, 11) is 0. The first-order chi connectivity index (χ1) is 11.7. The molecule has 3 rings (SSSR count). The van der Waals surface area contributed by atoms with Gasteiger partial charge in [-0.1, -0.05) is 29.8 Å². The van der Waals surface area contributed by atoms with Crippen molar-refractivity contribution in [1.29, 1.82) is 0 Å². The predicted octanol–water partition coefficient (Wildman–Crippen LogP) is 3.96. The van der Waals surface area contributed by atoms with E-state index in [-0.39, 0.29) is 5.91 Å². The van der Waals surface area contributed by atoms with E-state index >= 15 is 0 Å². The van der Waals surface area contributed by atoms with Gasteiger partial charge in [-0.25, -0.2) is 0 Å². The molecule has 0 saturated heterocycles. The van der Waals surface area contributed by atoms with Gasteiger partial charge in [0.15, 0.2) is 0 Å². The van der Waals surface area contributed by atoms with Gasteiger partial charge in [-0.05, 0) is 66.6 Å². The van der Waals surface area contributed by atoms with Gasteiger partial charge in [0.1, 0.15) is 12.4 Å². The van der Waals surface area contributed by atoms with Crippen LogP contribution in [0.1, 0.15) is 29.5 Å². The monoisotopic (exact) mass is 343 g/mol. The fourth-order valence-corrected chi connectivity index (χ4v) is 3.14. The first-order valence-electron chi connectivity index (χ1n) is 8.46. The number of hydrogen-bond acceptors (Lipinski definition) is 2. The summed E-state index contributed by atoms with van der Waals surface area (Å²) >= 11 is 5.84. The zero-order valence-electron chi connectivity index (χ0n) is 13.7.